The summed E-state index contributed by atoms with van der Waals surface area (Å²) in [6, 6.07) is 8.19. The molecule has 1 unspecified atom stereocenters. The van der Waals surface area contributed by atoms with E-state index in [0.717, 1.165) is 8.81 Å². The lowest BCUT2D eigenvalue weighted by atomic mass is 10.1. The van der Waals surface area contributed by atoms with Crippen molar-refractivity contribution < 1.29 is 0 Å². The molecule has 2 N–H and O–H groups in total. The van der Waals surface area contributed by atoms with Crippen LogP contribution in [0, 0.1) is 0 Å². The van der Waals surface area contributed by atoms with E-state index in [1.165, 1.54) is 16.9 Å². The highest BCUT2D eigenvalue weighted by molar-refractivity contribution is 9.10. The average Bonchev–Trinajstić information content (AvgIpc) is 2.78. The summed E-state index contributed by atoms with van der Waals surface area (Å²) >= 11 is 6.66. The first kappa shape index (κ1) is 12.0. The number of hydrogen-bond acceptors (Lipinski definition) is 5. The zero-order chi connectivity index (χ0) is 11.4. The normalized spacial score (nSPS) is 12.6. The molecule has 2 rings (SSSR count). The molecule has 2 aromatic rings. The SMILES string of the molecule is NCC(Sc1nncs1)c1cccc(Br)c1. The number of halogens is 1. The van der Waals surface area contributed by atoms with Crippen LogP contribution in [0.5, 0.6) is 0 Å². The lowest BCUT2D eigenvalue weighted by Crippen LogP contribution is -2.09. The zero-order valence-corrected chi connectivity index (χ0v) is 11.6. The van der Waals surface area contributed by atoms with Gasteiger partial charge in [-0.25, -0.2) is 0 Å². The van der Waals surface area contributed by atoms with Crippen LogP contribution in [0.25, 0.3) is 0 Å². The van der Waals surface area contributed by atoms with Crippen molar-refractivity contribution in [1.29, 1.82) is 0 Å². The Morgan fingerprint density at radius 2 is 2.38 bits per heavy atom. The molecule has 1 aromatic carbocycles. The van der Waals surface area contributed by atoms with E-state index in [9.17, 15) is 0 Å². The predicted octanol–water partition coefficient (Wildman–Crippen LogP) is 3.09. The molecular formula is C10H10BrN3S2. The molecule has 0 aliphatic carbocycles. The fourth-order valence-corrected chi connectivity index (χ4v) is 3.41. The lowest BCUT2D eigenvalue weighted by molar-refractivity contribution is 0.930. The third kappa shape index (κ3) is 3.04. The molecule has 0 radical (unpaired) electrons. The maximum absolute atomic E-state index is 5.79. The molecule has 84 valence electrons. The molecule has 6 heteroatoms. The van der Waals surface area contributed by atoms with Gasteiger partial charge in [0, 0.05) is 16.3 Å². The highest BCUT2D eigenvalue weighted by Crippen LogP contribution is 2.35. The molecule has 0 bridgehead atoms. The van der Waals surface area contributed by atoms with E-state index in [1.807, 2.05) is 12.1 Å². The third-order valence-corrected chi connectivity index (χ3v) is 4.60. The standard InChI is InChI=1S/C10H10BrN3S2/c11-8-3-1-2-7(4-8)9(5-12)16-10-14-13-6-15-10/h1-4,6,9H,5,12H2. The minimum atomic E-state index is 0.227. The van der Waals surface area contributed by atoms with Gasteiger partial charge >= 0.3 is 0 Å². The Bertz CT molecular complexity index is 447. The maximum Gasteiger partial charge on any atom is 0.174 e. The second-order valence-electron chi connectivity index (χ2n) is 3.10. The summed E-state index contributed by atoms with van der Waals surface area (Å²) in [7, 11) is 0. The molecule has 0 fully saturated rings. The number of hydrogen-bond donors (Lipinski definition) is 1. The smallest absolute Gasteiger partial charge is 0.174 e. The van der Waals surface area contributed by atoms with Crippen molar-refractivity contribution in [2.45, 2.75) is 9.59 Å². The summed E-state index contributed by atoms with van der Waals surface area (Å²) in [6.07, 6.45) is 0. The molecule has 1 aromatic heterocycles. The summed E-state index contributed by atoms with van der Waals surface area (Å²) < 4.78 is 2.02. The van der Waals surface area contributed by atoms with Crippen LogP contribution in [0.3, 0.4) is 0 Å². The first-order valence-electron chi connectivity index (χ1n) is 4.68. The third-order valence-electron chi connectivity index (χ3n) is 2.02. The van der Waals surface area contributed by atoms with Crippen molar-refractivity contribution in [3.63, 3.8) is 0 Å². The summed E-state index contributed by atoms with van der Waals surface area (Å²) in [5, 5.41) is 8.06. The van der Waals surface area contributed by atoms with E-state index >= 15 is 0 Å². The first-order chi connectivity index (χ1) is 7.79. The molecule has 0 saturated heterocycles. The summed E-state index contributed by atoms with van der Waals surface area (Å²) in [4.78, 5) is 0. The van der Waals surface area contributed by atoms with Gasteiger partial charge in [-0.15, -0.1) is 10.2 Å². The molecule has 0 spiro atoms. The minimum absolute atomic E-state index is 0.227. The van der Waals surface area contributed by atoms with Gasteiger partial charge in [0.05, 0.1) is 0 Å². The zero-order valence-electron chi connectivity index (χ0n) is 8.34. The van der Waals surface area contributed by atoms with Gasteiger partial charge in [-0.3, -0.25) is 0 Å². The molecule has 1 atom stereocenters. The predicted molar refractivity (Wildman–Crippen MR) is 71.7 cm³/mol. The van der Waals surface area contributed by atoms with Gasteiger partial charge < -0.3 is 5.73 Å². The van der Waals surface area contributed by atoms with Crippen molar-refractivity contribution in [3.8, 4) is 0 Å². The molecule has 0 aliphatic heterocycles. The van der Waals surface area contributed by atoms with Gasteiger partial charge in [-0.05, 0) is 17.7 Å². The Morgan fingerprint density at radius 3 is 3.00 bits per heavy atom. The molecule has 0 aliphatic rings. The van der Waals surface area contributed by atoms with Gasteiger partial charge in [-0.2, -0.15) is 0 Å². The minimum Gasteiger partial charge on any atom is -0.329 e. The number of aromatic nitrogens is 2. The largest absolute Gasteiger partial charge is 0.329 e. The molecule has 16 heavy (non-hydrogen) atoms. The van der Waals surface area contributed by atoms with E-state index in [0.29, 0.717) is 6.54 Å². The van der Waals surface area contributed by atoms with Crippen LogP contribution in [-0.2, 0) is 0 Å². The summed E-state index contributed by atoms with van der Waals surface area (Å²) in [6.45, 7) is 0.584. The number of thioether (sulfide) groups is 1. The topological polar surface area (TPSA) is 51.8 Å². The lowest BCUT2D eigenvalue weighted by Gasteiger charge is -2.12. The van der Waals surface area contributed by atoms with E-state index in [-0.39, 0.29) is 5.25 Å². The fraction of sp³-hybridized carbons (Fsp3) is 0.200. The highest BCUT2D eigenvalue weighted by Gasteiger charge is 2.13. The second-order valence-corrected chi connectivity index (χ2v) is 6.30. The molecule has 1 heterocycles. The Kier molecular flexibility index (Phi) is 4.34. The van der Waals surface area contributed by atoms with Crippen LogP contribution in [-0.4, -0.2) is 16.7 Å². The van der Waals surface area contributed by atoms with E-state index in [2.05, 4.69) is 38.3 Å². The van der Waals surface area contributed by atoms with Crippen molar-refractivity contribution in [1.82, 2.24) is 10.2 Å². The van der Waals surface area contributed by atoms with Crippen LogP contribution in [0.1, 0.15) is 10.8 Å². The van der Waals surface area contributed by atoms with Crippen LogP contribution in [0.2, 0.25) is 0 Å². The number of nitrogens with zero attached hydrogens (tertiary/aromatic N) is 2. The Balaban J connectivity index is 2.16. The quantitative estimate of drug-likeness (QED) is 0.881. The Labute approximate surface area is 111 Å². The first-order valence-corrected chi connectivity index (χ1v) is 7.23. The van der Waals surface area contributed by atoms with Gasteiger partial charge in [0.25, 0.3) is 0 Å². The van der Waals surface area contributed by atoms with Gasteiger partial charge in [0.15, 0.2) is 4.34 Å². The second kappa shape index (κ2) is 5.77. The number of nitrogens with two attached hydrogens (primary N) is 1. The van der Waals surface area contributed by atoms with Gasteiger partial charge in [-0.1, -0.05) is 51.2 Å². The van der Waals surface area contributed by atoms with Crippen molar-refractivity contribution in [2.24, 2.45) is 5.73 Å². The van der Waals surface area contributed by atoms with E-state index in [4.69, 9.17) is 5.73 Å². The van der Waals surface area contributed by atoms with Crippen molar-refractivity contribution in [2.75, 3.05) is 6.54 Å². The molecule has 0 amide bonds. The Hall–Kier alpha value is -0.430. The Morgan fingerprint density at radius 1 is 1.50 bits per heavy atom. The molecule has 0 saturated carbocycles. The van der Waals surface area contributed by atoms with Crippen LogP contribution >= 0.6 is 39.0 Å². The van der Waals surface area contributed by atoms with E-state index in [1.54, 1.807) is 17.3 Å². The molecule has 3 nitrogen and oxygen atoms in total. The van der Waals surface area contributed by atoms with Crippen molar-refractivity contribution in [3.05, 3.63) is 39.8 Å². The molecular weight excluding hydrogens is 306 g/mol. The van der Waals surface area contributed by atoms with Crippen LogP contribution in [0.4, 0.5) is 0 Å². The summed E-state index contributed by atoms with van der Waals surface area (Å²) in [5.74, 6) is 0. The summed E-state index contributed by atoms with van der Waals surface area (Å²) in [5.41, 5.74) is 8.73. The van der Waals surface area contributed by atoms with Crippen LogP contribution < -0.4 is 5.73 Å². The monoisotopic (exact) mass is 315 g/mol. The van der Waals surface area contributed by atoms with Gasteiger partial charge in [0.2, 0.25) is 0 Å². The van der Waals surface area contributed by atoms with Crippen LogP contribution in [0.15, 0.2) is 38.6 Å². The highest BCUT2D eigenvalue weighted by atomic mass is 79.9. The van der Waals surface area contributed by atoms with E-state index < -0.39 is 0 Å². The average molecular weight is 316 g/mol. The maximum atomic E-state index is 5.79. The number of benzene rings is 1. The van der Waals surface area contributed by atoms with Gasteiger partial charge in [0.1, 0.15) is 5.51 Å². The fourth-order valence-electron chi connectivity index (χ4n) is 1.30. The number of rotatable bonds is 4. The van der Waals surface area contributed by atoms with Crippen molar-refractivity contribution >= 4 is 39.0 Å².